The first kappa shape index (κ1) is 25.2. The molecule has 1 N–H and O–H groups in total. The first-order chi connectivity index (χ1) is 14.6. The van der Waals surface area contributed by atoms with Crippen molar-refractivity contribution in [2.75, 3.05) is 25.4 Å². The number of aryl methyl sites for hydroxylation is 1. The Hall–Kier alpha value is -2.11. The van der Waals surface area contributed by atoms with Gasteiger partial charge in [0.25, 0.3) is 0 Å². The number of carboxylic acid groups (broad SMARTS) is 1. The fourth-order valence-electron chi connectivity index (χ4n) is 2.76. The number of thioether (sulfide) groups is 1. The van der Waals surface area contributed by atoms with Crippen LogP contribution in [-0.2, 0) is 14.8 Å². The molecule has 2 rings (SSSR count). The molecule has 2 radical (unpaired) electrons. The van der Waals surface area contributed by atoms with E-state index in [1.165, 1.54) is 11.8 Å². The van der Waals surface area contributed by atoms with E-state index in [0.717, 1.165) is 14.8 Å². The predicted molar refractivity (Wildman–Crippen MR) is 116 cm³/mol. The third-order valence-electron chi connectivity index (χ3n) is 4.25. The minimum Gasteiger partial charge on any atom is -0.482 e. The van der Waals surface area contributed by atoms with E-state index in [-0.39, 0.29) is 13.1 Å². The van der Waals surface area contributed by atoms with Crippen LogP contribution in [0.25, 0.3) is 0 Å². The molecule has 0 amide bonds. The van der Waals surface area contributed by atoms with Gasteiger partial charge in [0.2, 0.25) is 10.0 Å². The van der Waals surface area contributed by atoms with Gasteiger partial charge < -0.3 is 9.84 Å². The van der Waals surface area contributed by atoms with E-state index in [1.807, 2.05) is 0 Å². The molecule has 166 valence electrons. The Labute approximate surface area is 186 Å². The first-order valence-electron chi connectivity index (χ1n) is 9.39. The van der Waals surface area contributed by atoms with Crippen molar-refractivity contribution in [3.05, 3.63) is 47.5 Å². The van der Waals surface area contributed by atoms with Gasteiger partial charge in [-0.1, -0.05) is 12.4 Å². The number of carboxylic acids is 1. The first-order valence-corrected chi connectivity index (χ1v) is 11.8. The SMILES string of the molecule is [B]c1cc(F)c(S(=O)(=O)N(CCC)CCSc2ccc(OCC(=O)O)c(C)c2)cc1F. The van der Waals surface area contributed by atoms with Crippen molar-refractivity contribution in [1.82, 2.24) is 4.31 Å². The Kier molecular flexibility index (Phi) is 8.90. The summed E-state index contributed by atoms with van der Waals surface area (Å²) in [6.07, 6.45) is 0.498. The van der Waals surface area contributed by atoms with Crippen LogP contribution in [0.1, 0.15) is 18.9 Å². The van der Waals surface area contributed by atoms with E-state index in [9.17, 15) is 22.0 Å². The number of hydrogen-bond acceptors (Lipinski definition) is 5. The largest absolute Gasteiger partial charge is 0.482 e. The van der Waals surface area contributed by atoms with Crippen molar-refractivity contribution < 1.29 is 31.8 Å². The van der Waals surface area contributed by atoms with Gasteiger partial charge in [-0.15, -0.1) is 11.8 Å². The lowest BCUT2D eigenvalue weighted by molar-refractivity contribution is -0.139. The standard InChI is InChI=1S/C20H22BF2NO5S2/c1-3-6-24(31(27,28)19-11-16(22)15(21)10-17(19)23)7-8-30-14-4-5-18(13(2)9-14)29-12-20(25)26/h4-5,9-11H,3,6-8,12H2,1-2H3,(H,25,26). The summed E-state index contributed by atoms with van der Waals surface area (Å²) in [6.45, 7) is 3.35. The maximum atomic E-state index is 14.2. The number of aliphatic carboxylic acids is 1. The van der Waals surface area contributed by atoms with Gasteiger partial charge in [0.15, 0.2) is 6.61 Å². The average Bonchev–Trinajstić information content (AvgIpc) is 2.69. The second-order valence-electron chi connectivity index (χ2n) is 6.67. The quantitative estimate of drug-likeness (QED) is 0.403. The summed E-state index contributed by atoms with van der Waals surface area (Å²) in [5, 5.41) is 8.69. The Morgan fingerprint density at radius 1 is 1.19 bits per heavy atom. The fraction of sp³-hybridized carbons (Fsp3) is 0.350. The number of ether oxygens (including phenoxy) is 1. The third kappa shape index (κ3) is 6.69. The molecule has 0 spiro atoms. The van der Waals surface area contributed by atoms with Crippen LogP contribution in [0.4, 0.5) is 8.78 Å². The molecule has 6 nitrogen and oxygen atoms in total. The molecule has 2 aromatic carbocycles. The summed E-state index contributed by atoms with van der Waals surface area (Å²) < 4.78 is 60.0. The molecule has 0 aromatic heterocycles. The molecule has 0 fully saturated rings. The van der Waals surface area contributed by atoms with Crippen LogP contribution in [0.15, 0.2) is 40.1 Å². The van der Waals surface area contributed by atoms with Crippen molar-refractivity contribution >= 4 is 41.1 Å². The van der Waals surface area contributed by atoms with E-state index < -0.39 is 44.6 Å². The van der Waals surface area contributed by atoms with Gasteiger partial charge in [-0.3, -0.25) is 0 Å². The summed E-state index contributed by atoms with van der Waals surface area (Å²) in [7, 11) is 1.06. The second kappa shape index (κ2) is 11.0. The van der Waals surface area contributed by atoms with Crippen LogP contribution in [0.3, 0.4) is 0 Å². The van der Waals surface area contributed by atoms with Gasteiger partial charge in [-0.2, -0.15) is 4.31 Å². The highest BCUT2D eigenvalue weighted by Crippen LogP contribution is 2.27. The molecule has 0 aliphatic heterocycles. The molecule has 0 saturated heterocycles. The van der Waals surface area contributed by atoms with E-state index >= 15 is 0 Å². The van der Waals surface area contributed by atoms with Crippen LogP contribution >= 0.6 is 11.8 Å². The van der Waals surface area contributed by atoms with Crippen molar-refractivity contribution in [3.8, 4) is 5.75 Å². The van der Waals surface area contributed by atoms with Crippen molar-refractivity contribution in [1.29, 1.82) is 0 Å². The number of halogens is 2. The zero-order valence-corrected chi connectivity index (χ0v) is 18.7. The van der Waals surface area contributed by atoms with E-state index in [2.05, 4.69) is 0 Å². The highest BCUT2D eigenvalue weighted by Gasteiger charge is 2.27. The predicted octanol–water partition coefficient (Wildman–Crippen LogP) is 2.72. The highest BCUT2D eigenvalue weighted by atomic mass is 32.2. The maximum Gasteiger partial charge on any atom is 0.341 e. The highest BCUT2D eigenvalue weighted by molar-refractivity contribution is 7.99. The van der Waals surface area contributed by atoms with Gasteiger partial charge in [-0.25, -0.2) is 22.0 Å². The molecule has 0 aliphatic carbocycles. The van der Waals surface area contributed by atoms with Gasteiger partial charge >= 0.3 is 5.97 Å². The monoisotopic (exact) mass is 469 g/mol. The minimum absolute atomic E-state index is 0.0859. The topological polar surface area (TPSA) is 83.9 Å². The molecule has 0 bridgehead atoms. The number of sulfonamides is 1. The molecular weight excluding hydrogens is 447 g/mol. The number of rotatable bonds is 11. The molecule has 2 aromatic rings. The second-order valence-corrected chi connectivity index (χ2v) is 9.74. The van der Waals surface area contributed by atoms with Gasteiger partial charge in [0.05, 0.1) is 0 Å². The zero-order chi connectivity index (χ0) is 23.2. The summed E-state index contributed by atoms with van der Waals surface area (Å²) >= 11 is 1.38. The normalized spacial score (nSPS) is 11.6. The Morgan fingerprint density at radius 2 is 1.90 bits per heavy atom. The lowest BCUT2D eigenvalue weighted by Crippen LogP contribution is -2.34. The zero-order valence-electron chi connectivity index (χ0n) is 17.1. The molecule has 11 heteroatoms. The third-order valence-corrected chi connectivity index (χ3v) is 7.14. The Morgan fingerprint density at radius 3 is 2.52 bits per heavy atom. The van der Waals surface area contributed by atoms with Gasteiger partial charge in [-0.05, 0) is 49.2 Å². The molecule has 0 aliphatic rings. The number of benzene rings is 2. The molecule has 0 heterocycles. The molecule has 31 heavy (non-hydrogen) atoms. The summed E-state index contributed by atoms with van der Waals surface area (Å²) in [5.41, 5.74) is 0.281. The molecule has 0 saturated carbocycles. The smallest absolute Gasteiger partial charge is 0.341 e. The van der Waals surface area contributed by atoms with Crippen molar-refractivity contribution in [2.24, 2.45) is 0 Å². The van der Waals surface area contributed by atoms with E-state index in [0.29, 0.717) is 30.1 Å². The number of nitrogens with zero attached hydrogens (tertiary/aromatic N) is 1. The van der Waals surface area contributed by atoms with Crippen LogP contribution in [-0.4, -0.2) is 57.1 Å². The van der Waals surface area contributed by atoms with E-state index in [1.54, 1.807) is 32.0 Å². The average molecular weight is 469 g/mol. The van der Waals surface area contributed by atoms with Crippen LogP contribution in [0.5, 0.6) is 5.75 Å². The Balaban J connectivity index is 2.10. The fourth-order valence-corrected chi connectivity index (χ4v) is 5.44. The van der Waals surface area contributed by atoms with E-state index in [4.69, 9.17) is 17.7 Å². The summed E-state index contributed by atoms with van der Waals surface area (Å²) in [4.78, 5) is 10.7. The summed E-state index contributed by atoms with van der Waals surface area (Å²) in [6, 6.07) is 6.46. The van der Waals surface area contributed by atoms with Gasteiger partial charge in [0, 0.05) is 23.7 Å². The van der Waals surface area contributed by atoms with Gasteiger partial charge in [0.1, 0.15) is 30.1 Å². The number of hydrogen-bond donors (Lipinski definition) is 1. The molecule has 0 unspecified atom stereocenters. The number of carbonyl (C=O) groups is 1. The van der Waals surface area contributed by atoms with Crippen molar-refractivity contribution in [2.45, 2.75) is 30.1 Å². The lowest BCUT2D eigenvalue weighted by Gasteiger charge is -2.22. The van der Waals surface area contributed by atoms with Crippen LogP contribution in [0, 0.1) is 18.6 Å². The minimum atomic E-state index is -4.24. The van der Waals surface area contributed by atoms with Crippen LogP contribution in [0.2, 0.25) is 0 Å². The lowest BCUT2D eigenvalue weighted by atomic mass is 9.96. The molecule has 0 atom stereocenters. The summed E-state index contributed by atoms with van der Waals surface area (Å²) in [5.74, 6) is -2.35. The maximum absolute atomic E-state index is 14.2. The van der Waals surface area contributed by atoms with Crippen LogP contribution < -0.4 is 10.2 Å². The van der Waals surface area contributed by atoms with Crippen molar-refractivity contribution in [3.63, 3.8) is 0 Å². The Bertz CT molecular complexity index is 1050. The molecular formula is C20H22BF2NO5S2.